The van der Waals surface area contributed by atoms with Crippen molar-refractivity contribution in [1.82, 2.24) is 10.4 Å². The van der Waals surface area contributed by atoms with Gasteiger partial charge < -0.3 is 5.32 Å². The minimum Gasteiger partial charge on any atom is -0.331 e. The molecule has 1 aromatic rings. The second-order valence-corrected chi connectivity index (χ2v) is 8.82. The Morgan fingerprint density at radius 2 is 2.00 bits per heavy atom. The first-order valence-electron chi connectivity index (χ1n) is 7.51. The van der Waals surface area contributed by atoms with Crippen LogP contribution >= 0.6 is 11.6 Å². The average molecular weight is 373 g/mol. The van der Waals surface area contributed by atoms with E-state index < -0.39 is 44.4 Å². The summed E-state index contributed by atoms with van der Waals surface area (Å²) in [5, 5.41) is 10.0. The molecule has 2 fully saturated rings. The number of fused-ring (bicyclic) bond motifs is 1. The maximum Gasteiger partial charge on any atom is 0.348 e. The molecule has 4 atom stereocenters. The van der Waals surface area contributed by atoms with Crippen LogP contribution in [0.1, 0.15) is 18.4 Å². The highest BCUT2D eigenvalue weighted by Gasteiger charge is 2.53. The van der Waals surface area contributed by atoms with Gasteiger partial charge in [-0.05, 0) is 37.5 Å². The Morgan fingerprint density at radius 3 is 2.67 bits per heavy atom. The fraction of sp³-hybridized carbons (Fsp3) is 0.467. The lowest BCUT2D eigenvalue weighted by atomic mass is 9.82. The fourth-order valence-electron chi connectivity index (χ4n) is 3.39. The van der Waals surface area contributed by atoms with E-state index in [2.05, 4.69) is 5.32 Å². The van der Waals surface area contributed by atoms with E-state index in [1.165, 1.54) is 12.1 Å². The molecular weight excluding hydrogens is 356 g/mol. The van der Waals surface area contributed by atoms with Crippen LogP contribution in [-0.4, -0.2) is 47.3 Å². The molecule has 3 rings (SSSR count). The Morgan fingerprint density at radius 1 is 1.29 bits per heavy atom. The van der Waals surface area contributed by atoms with Gasteiger partial charge in [0.05, 0.1) is 22.2 Å². The summed E-state index contributed by atoms with van der Waals surface area (Å²) in [5.74, 6) is -1.61. The SMILES string of the molecule is Cc1cccc(S(=O)(=O)C2C(Cl)CCC3C(=O)N(O)C(=O)NC32)c1. The summed E-state index contributed by atoms with van der Waals surface area (Å²) in [4.78, 5) is 24.0. The number of alkyl halides is 1. The van der Waals surface area contributed by atoms with E-state index in [0.29, 0.717) is 12.8 Å². The molecule has 1 aliphatic carbocycles. The van der Waals surface area contributed by atoms with E-state index in [9.17, 15) is 23.2 Å². The van der Waals surface area contributed by atoms with Gasteiger partial charge in [-0.1, -0.05) is 12.1 Å². The number of imide groups is 1. The number of urea groups is 1. The quantitative estimate of drug-likeness (QED) is 0.604. The van der Waals surface area contributed by atoms with Gasteiger partial charge in [0.1, 0.15) is 5.25 Å². The Kier molecular flexibility index (Phi) is 4.31. The molecule has 0 aromatic heterocycles. The van der Waals surface area contributed by atoms with Crippen LogP contribution in [0.5, 0.6) is 0 Å². The molecule has 2 N–H and O–H groups in total. The van der Waals surface area contributed by atoms with Crippen LogP contribution < -0.4 is 5.32 Å². The van der Waals surface area contributed by atoms with Crippen molar-refractivity contribution in [3.63, 3.8) is 0 Å². The zero-order valence-electron chi connectivity index (χ0n) is 12.8. The number of benzene rings is 1. The van der Waals surface area contributed by atoms with Crippen molar-refractivity contribution in [1.29, 1.82) is 0 Å². The molecule has 24 heavy (non-hydrogen) atoms. The summed E-state index contributed by atoms with van der Waals surface area (Å²) < 4.78 is 26.2. The lowest BCUT2D eigenvalue weighted by molar-refractivity contribution is -0.163. The molecule has 1 saturated heterocycles. The van der Waals surface area contributed by atoms with Crippen LogP contribution in [0, 0.1) is 12.8 Å². The number of halogens is 1. The first-order valence-corrected chi connectivity index (χ1v) is 9.49. The third kappa shape index (κ3) is 2.68. The number of carbonyl (C=O) groups is 2. The predicted molar refractivity (Wildman–Crippen MR) is 85.5 cm³/mol. The Bertz CT molecular complexity index is 797. The van der Waals surface area contributed by atoms with Crippen molar-refractivity contribution in [2.75, 3.05) is 0 Å². The molecule has 130 valence electrons. The third-order valence-electron chi connectivity index (χ3n) is 4.58. The number of hydrogen-bond donors (Lipinski definition) is 2. The Hall–Kier alpha value is -1.64. The highest BCUT2D eigenvalue weighted by molar-refractivity contribution is 7.92. The first kappa shape index (κ1) is 17.2. The molecule has 1 aromatic carbocycles. The fourth-order valence-corrected chi connectivity index (χ4v) is 6.18. The minimum atomic E-state index is -3.87. The summed E-state index contributed by atoms with van der Waals surface area (Å²) in [6.45, 7) is 1.77. The second kappa shape index (κ2) is 6.02. The van der Waals surface area contributed by atoms with Crippen molar-refractivity contribution >= 4 is 33.4 Å². The largest absolute Gasteiger partial charge is 0.348 e. The van der Waals surface area contributed by atoms with Gasteiger partial charge >= 0.3 is 6.03 Å². The predicted octanol–water partition coefficient (Wildman–Crippen LogP) is 1.46. The number of hydrogen-bond acceptors (Lipinski definition) is 5. The molecule has 7 nitrogen and oxygen atoms in total. The van der Waals surface area contributed by atoms with E-state index in [1.54, 1.807) is 19.1 Å². The van der Waals surface area contributed by atoms with Crippen molar-refractivity contribution in [2.24, 2.45) is 5.92 Å². The molecule has 0 spiro atoms. The standard InChI is InChI=1S/C15H17ClN2O5S/c1-8-3-2-4-9(7-8)24(22,23)13-11(16)6-5-10-12(13)17-15(20)18(21)14(10)19/h2-4,7,10-13,21H,5-6H2,1H3,(H,17,20). The van der Waals surface area contributed by atoms with Gasteiger partial charge in [0.25, 0.3) is 5.91 Å². The maximum absolute atomic E-state index is 13.1. The molecule has 1 aliphatic heterocycles. The molecule has 4 unspecified atom stereocenters. The van der Waals surface area contributed by atoms with E-state index in [0.717, 1.165) is 5.56 Å². The normalized spacial score (nSPS) is 30.7. The molecule has 3 amide bonds. The van der Waals surface area contributed by atoms with E-state index in [4.69, 9.17) is 11.6 Å². The number of rotatable bonds is 2. The van der Waals surface area contributed by atoms with Crippen LogP contribution in [-0.2, 0) is 14.6 Å². The lowest BCUT2D eigenvalue weighted by Crippen LogP contribution is -2.67. The molecule has 1 heterocycles. The minimum absolute atomic E-state index is 0.00602. The van der Waals surface area contributed by atoms with Crippen LogP contribution in [0.4, 0.5) is 4.79 Å². The Balaban J connectivity index is 2.04. The van der Waals surface area contributed by atoms with Crippen molar-refractivity contribution in [3.8, 4) is 0 Å². The van der Waals surface area contributed by atoms with E-state index in [-0.39, 0.29) is 9.96 Å². The number of sulfone groups is 1. The first-order chi connectivity index (χ1) is 11.2. The zero-order valence-corrected chi connectivity index (χ0v) is 14.4. The topological polar surface area (TPSA) is 104 Å². The number of nitrogens with one attached hydrogen (secondary N) is 1. The van der Waals surface area contributed by atoms with Crippen molar-refractivity contribution in [3.05, 3.63) is 29.8 Å². The number of amides is 3. The number of nitrogens with zero attached hydrogens (tertiary/aromatic N) is 1. The maximum atomic E-state index is 13.1. The smallest absolute Gasteiger partial charge is 0.331 e. The Labute approximate surface area is 144 Å². The van der Waals surface area contributed by atoms with Crippen molar-refractivity contribution < 1.29 is 23.2 Å². The van der Waals surface area contributed by atoms with Crippen LogP contribution in [0.2, 0.25) is 0 Å². The van der Waals surface area contributed by atoms with Gasteiger partial charge in [-0.25, -0.2) is 13.2 Å². The van der Waals surface area contributed by atoms with Gasteiger partial charge in [-0.3, -0.25) is 10.0 Å². The zero-order chi connectivity index (χ0) is 17.6. The van der Waals surface area contributed by atoms with Crippen molar-refractivity contribution in [2.45, 2.75) is 41.3 Å². The van der Waals surface area contributed by atoms with Crippen LogP contribution in [0.15, 0.2) is 29.2 Å². The van der Waals surface area contributed by atoms with Gasteiger partial charge in [-0.15, -0.1) is 16.7 Å². The second-order valence-electron chi connectivity index (χ2n) is 6.15. The summed E-state index contributed by atoms with van der Waals surface area (Å²) >= 11 is 6.29. The van der Waals surface area contributed by atoms with Crippen LogP contribution in [0.25, 0.3) is 0 Å². The van der Waals surface area contributed by atoms with Gasteiger partial charge in [0.2, 0.25) is 0 Å². The van der Waals surface area contributed by atoms with E-state index >= 15 is 0 Å². The summed E-state index contributed by atoms with van der Waals surface area (Å²) in [5.41, 5.74) is 0.778. The van der Waals surface area contributed by atoms with Gasteiger partial charge in [-0.2, -0.15) is 0 Å². The number of aryl methyl sites for hydroxylation is 1. The molecule has 0 bridgehead atoms. The number of hydroxylamine groups is 2. The summed E-state index contributed by atoms with van der Waals surface area (Å²) in [6, 6.07) is 4.42. The molecule has 9 heteroatoms. The molecule has 1 saturated carbocycles. The average Bonchev–Trinajstić information content (AvgIpc) is 2.52. The highest BCUT2D eigenvalue weighted by Crippen LogP contribution is 2.38. The monoisotopic (exact) mass is 372 g/mol. The molecular formula is C15H17ClN2O5S. The van der Waals surface area contributed by atoms with E-state index in [1.807, 2.05) is 0 Å². The number of carbonyl (C=O) groups excluding carboxylic acids is 2. The molecule has 0 radical (unpaired) electrons. The highest BCUT2D eigenvalue weighted by atomic mass is 35.5. The third-order valence-corrected chi connectivity index (χ3v) is 7.47. The van der Waals surface area contributed by atoms with Crippen LogP contribution in [0.3, 0.4) is 0 Å². The molecule has 2 aliphatic rings. The summed E-state index contributed by atoms with van der Waals surface area (Å²) in [7, 11) is -3.87. The summed E-state index contributed by atoms with van der Waals surface area (Å²) in [6.07, 6.45) is 0.600. The van der Waals surface area contributed by atoms with Gasteiger partial charge in [0.15, 0.2) is 9.84 Å². The lowest BCUT2D eigenvalue weighted by Gasteiger charge is -2.43. The van der Waals surface area contributed by atoms with Gasteiger partial charge in [0, 0.05) is 0 Å².